The minimum atomic E-state index is -4.48. The molecule has 1 amide bonds. The number of aromatic nitrogens is 3. The summed E-state index contributed by atoms with van der Waals surface area (Å²) in [5.74, 6) is 3.16. The maximum atomic E-state index is 12.4. The smallest absolute Gasteiger partial charge is 0.356 e. The Hall–Kier alpha value is -3.26. The molecule has 0 fully saturated rings. The molecule has 0 aliphatic carbocycles. The second kappa shape index (κ2) is 7.40. The van der Waals surface area contributed by atoms with Crippen LogP contribution < -0.4 is 10.6 Å². The first-order chi connectivity index (χ1) is 13.2. The molecule has 28 heavy (non-hydrogen) atoms. The zero-order valence-corrected chi connectivity index (χ0v) is 15.1. The summed E-state index contributed by atoms with van der Waals surface area (Å²) in [4.78, 5) is 29.1. The molecule has 0 aromatic carbocycles. The molecule has 2 N–H and O–H groups in total. The van der Waals surface area contributed by atoms with Gasteiger partial charge in [0.25, 0.3) is 0 Å². The van der Waals surface area contributed by atoms with Gasteiger partial charge in [-0.05, 0) is 31.5 Å². The van der Waals surface area contributed by atoms with Crippen molar-refractivity contribution in [1.82, 2.24) is 20.3 Å². The largest absolute Gasteiger partial charge is 0.405 e. The summed E-state index contributed by atoms with van der Waals surface area (Å²) in [5, 5.41) is 4.82. The topological polar surface area (TPSA) is 92.2 Å². The minimum absolute atomic E-state index is 0.243. The van der Waals surface area contributed by atoms with Crippen LogP contribution in [0, 0.1) is 0 Å². The first-order valence-electron chi connectivity index (χ1n) is 8.47. The number of carbonyl (C=O) groups is 1. The number of hydrogen-bond acceptors (Lipinski definition) is 6. The Morgan fingerprint density at radius 1 is 1.21 bits per heavy atom. The van der Waals surface area contributed by atoms with E-state index in [0.717, 1.165) is 5.56 Å². The average Bonchev–Trinajstić information content (AvgIpc) is 3.09. The highest BCUT2D eigenvalue weighted by Gasteiger charge is 2.35. The molecule has 0 bridgehead atoms. The van der Waals surface area contributed by atoms with Gasteiger partial charge in [0.1, 0.15) is 17.9 Å². The number of hydrogen-bond donors (Lipinski definition) is 2. The third kappa shape index (κ3) is 4.17. The van der Waals surface area contributed by atoms with E-state index in [1.165, 1.54) is 19.2 Å². The van der Waals surface area contributed by atoms with Gasteiger partial charge in [0, 0.05) is 23.8 Å². The molecule has 7 nitrogen and oxygen atoms in total. The van der Waals surface area contributed by atoms with Gasteiger partial charge in [0.2, 0.25) is 5.91 Å². The molecule has 0 spiro atoms. The summed E-state index contributed by atoms with van der Waals surface area (Å²) >= 11 is 0. The molecule has 146 valence electrons. The van der Waals surface area contributed by atoms with Crippen molar-refractivity contribution < 1.29 is 18.0 Å². The Morgan fingerprint density at radius 3 is 2.71 bits per heavy atom. The number of rotatable bonds is 6. The number of carbonyl (C=O) groups excluding carboxylic acids is 1. The molecule has 1 aliphatic rings. The Kier molecular flexibility index (Phi) is 5.15. The number of nitrogens with one attached hydrogen (secondary N) is 2. The van der Waals surface area contributed by atoms with Crippen LogP contribution in [0.2, 0.25) is 0 Å². The van der Waals surface area contributed by atoms with E-state index in [1.54, 1.807) is 19.2 Å². The molecule has 0 saturated carbocycles. The van der Waals surface area contributed by atoms with Gasteiger partial charge in [-0.3, -0.25) is 4.79 Å². The maximum absolute atomic E-state index is 12.4. The van der Waals surface area contributed by atoms with Gasteiger partial charge >= 0.3 is 6.18 Å². The molecule has 1 atom stereocenters. The highest BCUT2D eigenvalue weighted by atomic mass is 19.4. The van der Waals surface area contributed by atoms with E-state index in [1.807, 2.05) is 11.4 Å². The molecule has 0 saturated heterocycles. The van der Waals surface area contributed by atoms with E-state index in [2.05, 4.69) is 31.1 Å². The number of nitrogens with zero attached hydrogens (tertiary/aromatic N) is 4. The van der Waals surface area contributed by atoms with Crippen LogP contribution in [0.15, 0.2) is 35.6 Å². The summed E-state index contributed by atoms with van der Waals surface area (Å²) in [6.45, 7) is 1.80. The van der Waals surface area contributed by atoms with Crippen LogP contribution >= 0.6 is 0 Å². The van der Waals surface area contributed by atoms with Crippen LogP contribution in [-0.4, -0.2) is 45.0 Å². The van der Waals surface area contributed by atoms with Gasteiger partial charge in [-0.2, -0.15) is 18.2 Å². The van der Waals surface area contributed by atoms with Gasteiger partial charge in [0.15, 0.2) is 11.6 Å². The molecule has 3 heterocycles. The number of amides is 1. The molecule has 1 unspecified atom stereocenters. The van der Waals surface area contributed by atoms with Crippen molar-refractivity contribution in [1.29, 1.82) is 0 Å². The highest BCUT2D eigenvalue weighted by Crippen LogP contribution is 2.30. The molecule has 2 aromatic rings. The van der Waals surface area contributed by atoms with Gasteiger partial charge in [-0.1, -0.05) is 6.92 Å². The number of alkyl halides is 3. The van der Waals surface area contributed by atoms with E-state index >= 15 is 0 Å². The van der Waals surface area contributed by atoms with Crippen LogP contribution in [0.3, 0.4) is 0 Å². The lowest BCUT2D eigenvalue weighted by molar-refractivity contribution is -0.140. The first kappa shape index (κ1) is 19.5. The van der Waals surface area contributed by atoms with E-state index in [-0.39, 0.29) is 6.42 Å². The van der Waals surface area contributed by atoms with Crippen molar-refractivity contribution in [2.45, 2.75) is 32.0 Å². The number of aliphatic imine (C=N–C) groups is 1. The molecule has 10 heteroatoms. The normalized spacial score (nSPS) is 14.8. The predicted octanol–water partition coefficient (Wildman–Crippen LogP) is 2.88. The summed E-state index contributed by atoms with van der Waals surface area (Å²) in [5.41, 5.74) is -0.0126. The molecule has 1 aliphatic heterocycles. The Bertz CT molecular complexity index is 968. The maximum Gasteiger partial charge on any atom is 0.405 e. The minimum Gasteiger partial charge on any atom is -0.356 e. The lowest BCUT2D eigenvalue weighted by Gasteiger charge is -2.29. The Labute approximate surface area is 158 Å². The lowest BCUT2D eigenvalue weighted by atomic mass is 9.97. The zero-order valence-electron chi connectivity index (χ0n) is 15.1. The van der Waals surface area contributed by atoms with Crippen molar-refractivity contribution >= 4 is 29.0 Å². The van der Waals surface area contributed by atoms with Gasteiger partial charge in [-0.25, -0.2) is 15.0 Å². The van der Waals surface area contributed by atoms with Gasteiger partial charge in [-0.15, -0.1) is 0 Å². The Balaban J connectivity index is 1.80. The molecule has 3 rings (SSSR count). The van der Waals surface area contributed by atoms with E-state index in [0.29, 0.717) is 23.0 Å². The third-order valence-electron chi connectivity index (χ3n) is 4.27. The number of fused-ring (bicyclic) bond motifs is 1. The molecular weight excluding hydrogens is 373 g/mol. The van der Waals surface area contributed by atoms with Crippen LogP contribution in [0.1, 0.15) is 31.7 Å². The summed E-state index contributed by atoms with van der Waals surface area (Å²) in [6, 6.07) is 5.10. The molecular formula is C18H17F3N6O. The van der Waals surface area contributed by atoms with Crippen molar-refractivity contribution in [2.24, 2.45) is 4.99 Å². The van der Waals surface area contributed by atoms with E-state index in [9.17, 15) is 18.0 Å². The number of halogens is 3. The van der Waals surface area contributed by atoms with Gasteiger partial charge < -0.3 is 10.6 Å². The number of pyridine rings is 1. The van der Waals surface area contributed by atoms with Crippen molar-refractivity contribution in [3.63, 3.8) is 0 Å². The van der Waals surface area contributed by atoms with Gasteiger partial charge in [0.05, 0.1) is 5.57 Å². The van der Waals surface area contributed by atoms with E-state index < -0.39 is 24.2 Å². The summed E-state index contributed by atoms with van der Waals surface area (Å²) in [6.07, 6.45) is -1.15. The Morgan fingerprint density at radius 2 is 2.00 bits per heavy atom. The average molecular weight is 390 g/mol. The fraction of sp³-hybridized carbons (Fsp3) is 0.333. The quantitative estimate of drug-likeness (QED) is 0.675. The first-order valence-corrected chi connectivity index (χ1v) is 8.47. The fourth-order valence-corrected chi connectivity index (χ4v) is 2.53. The second-order valence-electron chi connectivity index (χ2n) is 6.35. The second-order valence-corrected chi connectivity index (χ2v) is 6.35. The van der Waals surface area contributed by atoms with E-state index in [4.69, 9.17) is 0 Å². The predicted molar refractivity (Wildman–Crippen MR) is 97.3 cm³/mol. The van der Waals surface area contributed by atoms with Crippen LogP contribution in [-0.2, 0) is 4.79 Å². The van der Waals surface area contributed by atoms with Crippen LogP contribution in [0.25, 0.3) is 5.57 Å². The van der Waals surface area contributed by atoms with Crippen molar-refractivity contribution in [2.75, 3.05) is 11.9 Å². The van der Waals surface area contributed by atoms with Crippen molar-refractivity contribution in [3.8, 4) is 0 Å². The monoisotopic (exact) mass is 390 g/mol. The van der Waals surface area contributed by atoms with Crippen LogP contribution in [0.5, 0.6) is 0 Å². The summed E-state index contributed by atoms with van der Waals surface area (Å²) < 4.78 is 37.2. The SMILES string of the molecule is CCC(C)(Nc1ccnc(C2=C=Nc3ncccc32)n1)C(=O)NCC(F)(F)F. The van der Waals surface area contributed by atoms with Crippen LogP contribution in [0.4, 0.5) is 24.8 Å². The number of anilines is 1. The highest BCUT2D eigenvalue weighted by molar-refractivity contribution is 6.03. The fourth-order valence-electron chi connectivity index (χ4n) is 2.53. The van der Waals surface area contributed by atoms with Crippen molar-refractivity contribution in [3.05, 3.63) is 42.0 Å². The molecule has 0 radical (unpaired) electrons. The summed E-state index contributed by atoms with van der Waals surface area (Å²) in [7, 11) is 0. The molecule has 2 aromatic heterocycles. The standard InChI is InChI=1S/C18H17F3N6O/c1-3-17(2,16(28)25-10-18(19,20)21)27-13-6-8-23-15(26-13)12-9-24-14-11(12)5-4-7-22-14/h4-8H,3,10H2,1-2H3,(H,25,28)(H,23,26,27). The zero-order chi connectivity index (χ0) is 20.4. The lowest BCUT2D eigenvalue weighted by Crippen LogP contribution is -2.52. The third-order valence-corrected chi connectivity index (χ3v) is 4.27.